The Morgan fingerprint density at radius 1 is 1.28 bits per heavy atom. The molecule has 0 bridgehead atoms. The molecule has 0 spiro atoms. The summed E-state index contributed by atoms with van der Waals surface area (Å²) >= 11 is 6.54. The summed E-state index contributed by atoms with van der Waals surface area (Å²) in [5, 5.41) is 12.0. The highest BCUT2D eigenvalue weighted by atomic mass is 35.5. The Morgan fingerprint density at radius 2 is 2.00 bits per heavy atom. The SMILES string of the molecule is O=[N+]([O-])c1csc(S(=O)(=O)c2cccc(Cl)c2)c1. The standard InChI is InChI=1S/C10H6ClNO4S2/c11-7-2-1-3-9(4-7)18(15,16)10-5-8(6-17-10)12(13)14/h1-6H. The molecule has 2 aromatic rings. The maximum atomic E-state index is 12.2. The molecular weight excluding hydrogens is 298 g/mol. The second-order valence-corrected chi connectivity index (χ2v) is 6.87. The van der Waals surface area contributed by atoms with Gasteiger partial charge in [-0.3, -0.25) is 10.1 Å². The predicted octanol–water partition coefficient (Wildman–Crippen LogP) is 3.14. The second-order valence-electron chi connectivity index (χ2n) is 3.34. The number of thiophene rings is 1. The minimum Gasteiger partial charge on any atom is -0.258 e. The van der Waals surface area contributed by atoms with E-state index in [1.54, 1.807) is 6.07 Å². The van der Waals surface area contributed by atoms with E-state index >= 15 is 0 Å². The predicted molar refractivity (Wildman–Crippen MR) is 67.9 cm³/mol. The number of rotatable bonds is 3. The maximum absolute atomic E-state index is 12.2. The minimum absolute atomic E-state index is 0.0201. The van der Waals surface area contributed by atoms with Gasteiger partial charge in [-0.05, 0) is 18.2 Å². The Labute approximate surface area is 112 Å². The fourth-order valence-corrected chi connectivity index (χ4v) is 4.12. The lowest BCUT2D eigenvalue weighted by Crippen LogP contribution is -1.99. The molecule has 0 aliphatic rings. The van der Waals surface area contributed by atoms with Crippen LogP contribution in [0, 0.1) is 10.1 Å². The lowest BCUT2D eigenvalue weighted by atomic mass is 10.4. The minimum atomic E-state index is -3.74. The van der Waals surface area contributed by atoms with Gasteiger partial charge in [-0.25, -0.2) is 8.42 Å². The first-order valence-corrected chi connectivity index (χ1v) is 7.39. The summed E-state index contributed by atoms with van der Waals surface area (Å²) in [7, 11) is -3.74. The fraction of sp³-hybridized carbons (Fsp3) is 0. The first-order chi connectivity index (χ1) is 8.41. The molecule has 94 valence electrons. The van der Waals surface area contributed by atoms with Gasteiger partial charge >= 0.3 is 0 Å². The zero-order valence-corrected chi connectivity index (χ0v) is 11.1. The number of hydrogen-bond acceptors (Lipinski definition) is 5. The third-order valence-corrected chi connectivity index (χ3v) is 5.56. The molecule has 5 nitrogen and oxygen atoms in total. The highest BCUT2D eigenvalue weighted by Gasteiger charge is 2.23. The van der Waals surface area contributed by atoms with Crippen LogP contribution in [0.1, 0.15) is 0 Å². The molecule has 0 aliphatic carbocycles. The molecule has 1 aromatic carbocycles. The van der Waals surface area contributed by atoms with E-state index in [4.69, 9.17) is 11.6 Å². The molecule has 0 atom stereocenters. The molecule has 1 aromatic heterocycles. The molecule has 0 aliphatic heterocycles. The van der Waals surface area contributed by atoms with Gasteiger partial charge in [0.1, 0.15) is 4.21 Å². The molecular formula is C10H6ClNO4S2. The van der Waals surface area contributed by atoms with Crippen molar-refractivity contribution in [3.8, 4) is 0 Å². The maximum Gasteiger partial charge on any atom is 0.281 e. The van der Waals surface area contributed by atoms with Crippen LogP contribution in [-0.2, 0) is 9.84 Å². The van der Waals surface area contributed by atoms with Crippen LogP contribution in [0.3, 0.4) is 0 Å². The van der Waals surface area contributed by atoms with E-state index in [0.29, 0.717) is 5.02 Å². The van der Waals surface area contributed by atoms with Gasteiger partial charge in [-0.2, -0.15) is 0 Å². The molecule has 0 fully saturated rings. The molecule has 18 heavy (non-hydrogen) atoms. The van der Waals surface area contributed by atoms with Crippen LogP contribution in [0.4, 0.5) is 5.69 Å². The van der Waals surface area contributed by atoms with Crippen LogP contribution in [0.2, 0.25) is 5.02 Å². The fourth-order valence-electron chi connectivity index (χ4n) is 1.29. The third kappa shape index (κ3) is 2.38. The van der Waals surface area contributed by atoms with Crippen molar-refractivity contribution in [3.05, 3.63) is 50.8 Å². The summed E-state index contributed by atoms with van der Waals surface area (Å²) in [6, 6.07) is 6.81. The van der Waals surface area contributed by atoms with Crippen molar-refractivity contribution in [2.45, 2.75) is 9.10 Å². The molecule has 0 saturated heterocycles. The molecule has 0 radical (unpaired) electrons. The van der Waals surface area contributed by atoms with Crippen molar-refractivity contribution in [1.29, 1.82) is 0 Å². The van der Waals surface area contributed by atoms with Gasteiger partial charge in [0.2, 0.25) is 9.84 Å². The van der Waals surface area contributed by atoms with Crippen LogP contribution in [0.5, 0.6) is 0 Å². The lowest BCUT2D eigenvalue weighted by molar-refractivity contribution is -0.384. The van der Waals surface area contributed by atoms with E-state index in [1.165, 1.54) is 23.6 Å². The van der Waals surface area contributed by atoms with Crippen molar-refractivity contribution >= 4 is 38.5 Å². The molecule has 0 unspecified atom stereocenters. The highest BCUT2D eigenvalue weighted by molar-refractivity contribution is 7.93. The topological polar surface area (TPSA) is 77.3 Å². The molecule has 0 saturated carbocycles. The number of sulfone groups is 1. The third-order valence-electron chi connectivity index (χ3n) is 2.14. The van der Waals surface area contributed by atoms with Gasteiger partial charge in [-0.1, -0.05) is 17.7 Å². The quantitative estimate of drug-likeness (QED) is 0.644. The van der Waals surface area contributed by atoms with Crippen molar-refractivity contribution in [3.63, 3.8) is 0 Å². The molecule has 0 amide bonds. The second kappa shape index (κ2) is 4.68. The van der Waals surface area contributed by atoms with Crippen molar-refractivity contribution in [1.82, 2.24) is 0 Å². The van der Waals surface area contributed by atoms with Gasteiger partial charge in [-0.15, -0.1) is 11.3 Å². The van der Waals surface area contributed by atoms with E-state index in [-0.39, 0.29) is 14.8 Å². The molecule has 2 rings (SSSR count). The molecule has 8 heteroatoms. The van der Waals surface area contributed by atoms with Crippen molar-refractivity contribution < 1.29 is 13.3 Å². The summed E-state index contributed by atoms with van der Waals surface area (Å²) < 4.78 is 24.2. The zero-order valence-electron chi connectivity index (χ0n) is 8.74. The first kappa shape index (κ1) is 13.0. The van der Waals surface area contributed by atoms with E-state index in [1.807, 2.05) is 0 Å². The van der Waals surface area contributed by atoms with Crippen molar-refractivity contribution in [2.24, 2.45) is 0 Å². The van der Waals surface area contributed by atoms with Gasteiger partial charge < -0.3 is 0 Å². The van der Waals surface area contributed by atoms with Crippen LogP contribution in [-0.4, -0.2) is 13.3 Å². The summed E-state index contributed by atoms with van der Waals surface area (Å²) in [6.45, 7) is 0. The van der Waals surface area contributed by atoms with E-state index in [2.05, 4.69) is 0 Å². The Kier molecular flexibility index (Phi) is 3.38. The van der Waals surface area contributed by atoms with E-state index < -0.39 is 14.8 Å². The Hall–Kier alpha value is -1.44. The monoisotopic (exact) mass is 303 g/mol. The Bertz CT molecular complexity index is 708. The normalized spacial score (nSPS) is 11.4. The average molecular weight is 304 g/mol. The van der Waals surface area contributed by atoms with Crippen molar-refractivity contribution in [2.75, 3.05) is 0 Å². The number of halogens is 1. The number of nitro groups is 1. The first-order valence-electron chi connectivity index (χ1n) is 4.65. The van der Waals surface area contributed by atoms with Gasteiger partial charge in [0, 0.05) is 11.1 Å². The van der Waals surface area contributed by atoms with Gasteiger partial charge in [0.15, 0.2) is 0 Å². The van der Waals surface area contributed by atoms with E-state index in [9.17, 15) is 18.5 Å². The summed E-state index contributed by atoms with van der Waals surface area (Å²) in [4.78, 5) is 9.92. The largest absolute Gasteiger partial charge is 0.281 e. The Balaban J connectivity index is 2.51. The van der Waals surface area contributed by atoms with Gasteiger partial charge in [0.05, 0.1) is 15.2 Å². The molecule has 0 N–H and O–H groups in total. The number of benzene rings is 1. The smallest absolute Gasteiger partial charge is 0.258 e. The lowest BCUT2D eigenvalue weighted by Gasteiger charge is -2.01. The van der Waals surface area contributed by atoms with Crippen LogP contribution in [0.25, 0.3) is 0 Å². The van der Waals surface area contributed by atoms with Crippen LogP contribution < -0.4 is 0 Å². The summed E-state index contributed by atoms with van der Waals surface area (Å²) in [5.41, 5.74) is -0.236. The number of hydrogen-bond donors (Lipinski definition) is 0. The summed E-state index contributed by atoms with van der Waals surface area (Å²) in [6.07, 6.45) is 0. The molecule has 1 heterocycles. The van der Waals surface area contributed by atoms with Crippen LogP contribution >= 0.6 is 22.9 Å². The van der Waals surface area contributed by atoms with Crippen LogP contribution in [0.15, 0.2) is 44.8 Å². The average Bonchev–Trinajstić information content (AvgIpc) is 2.79. The van der Waals surface area contributed by atoms with Gasteiger partial charge in [0.25, 0.3) is 5.69 Å². The van der Waals surface area contributed by atoms with E-state index in [0.717, 1.165) is 17.4 Å². The number of nitrogens with zero attached hydrogens (tertiary/aromatic N) is 1. The summed E-state index contributed by atoms with van der Waals surface area (Å²) in [5.74, 6) is 0. The zero-order chi connectivity index (χ0) is 13.3. The highest BCUT2D eigenvalue weighted by Crippen LogP contribution is 2.31. The Morgan fingerprint density at radius 3 is 2.56 bits per heavy atom.